The summed E-state index contributed by atoms with van der Waals surface area (Å²) in [6, 6.07) is -0.0619. The van der Waals surface area contributed by atoms with E-state index >= 15 is 0 Å². The smallest absolute Gasteiger partial charge is 0.430 e. The Kier molecular flexibility index (Phi) is 3.18. The maximum absolute atomic E-state index is 11.7. The molecule has 86 valence electrons. The minimum Gasteiger partial charge on any atom is -0.430 e. The van der Waals surface area contributed by atoms with Crippen LogP contribution in [0.1, 0.15) is 12.8 Å². The molecule has 8 heteroatoms. The van der Waals surface area contributed by atoms with Crippen LogP contribution in [0.3, 0.4) is 0 Å². The van der Waals surface area contributed by atoms with Crippen LogP contribution in [0, 0.1) is 0 Å². The highest BCUT2D eigenvalue weighted by Crippen LogP contribution is 2.19. The predicted molar refractivity (Wildman–Crippen MR) is 41.3 cm³/mol. The molecule has 15 heavy (non-hydrogen) atoms. The topological polar surface area (TPSA) is 81.4 Å². The summed E-state index contributed by atoms with van der Waals surface area (Å²) in [5.41, 5.74) is 4.94. The second-order valence-corrected chi connectivity index (χ2v) is 3.11. The number of esters is 1. The number of carbonyl (C=O) groups is 2. The lowest BCUT2D eigenvalue weighted by Gasteiger charge is -2.13. The van der Waals surface area contributed by atoms with E-state index in [-0.39, 0.29) is 6.04 Å². The Hall–Kier alpha value is -1.31. The second-order valence-electron chi connectivity index (χ2n) is 3.11. The van der Waals surface area contributed by atoms with Crippen molar-refractivity contribution >= 4 is 11.9 Å². The third-order valence-corrected chi connectivity index (χ3v) is 1.65. The zero-order valence-electron chi connectivity index (χ0n) is 7.50. The quantitative estimate of drug-likeness (QED) is 0.509. The van der Waals surface area contributed by atoms with Crippen molar-refractivity contribution in [1.82, 2.24) is 5.32 Å². The molecule has 0 radical (unpaired) electrons. The van der Waals surface area contributed by atoms with Gasteiger partial charge in [-0.1, -0.05) is 0 Å². The first kappa shape index (κ1) is 11.8. The van der Waals surface area contributed by atoms with Gasteiger partial charge in [-0.25, -0.2) is 4.79 Å². The highest BCUT2D eigenvalue weighted by Gasteiger charge is 2.43. The second kappa shape index (κ2) is 4.05. The van der Waals surface area contributed by atoms with Crippen molar-refractivity contribution < 1.29 is 27.5 Å². The number of carbonyl (C=O) groups excluding carboxylic acids is 2. The summed E-state index contributed by atoms with van der Waals surface area (Å²) in [6.07, 6.45) is -5.55. The van der Waals surface area contributed by atoms with E-state index in [9.17, 15) is 22.8 Å². The fraction of sp³-hybridized carbons (Fsp3) is 0.714. The minimum absolute atomic E-state index is 0.0619. The van der Waals surface area contributed by atoms with Gasteiger partial charge in [-0.05, 0) is 12.8 Å². The summed E-state index contributed by atoms with van der Waals surface area (Å²) in [6.45, 7) is 0. The van der Waals surface area contributed by atoms with Gasteiger partial charge in [0, 0.05) is 6.04 Å². The number of rotatable bonds is 3. The molecule has 1 unspecified atom stereocenters. The Morgan fingerprint density at radius 2 is 1.93 bits per heavy atom. The molecule has 0 saturated heterocycles. The van der Waals surface area contributed by atoms with E-state index in [4.69, 9.17) is 5.73 Å². The Balaban J connectivity index is 2.36. The normalized spacial score (nSPS) is 18.1. The van der Waals surface area contributed by atoms with Crippen LogP contribution < -0.4 is 11.1 Å². The van der Waals surface area contributed by atoms with Crippen LogP contribution in [0.25, 0.3) is 0 Å². The number of nitrogens with one attached hydrogen (secondary N) is 1. The molecule has 1 amide bonds. The summed E-state index contributed by atoms with van der Waals surface area (Å²) in [4.78, 5) is 21.2. The van der Waals surface area contributed by atoms with E-state index in [2.05, 4.69) is 10.1 Å². The summed E-state index contributed by atoms with van der Waals surface area (Å²) < 4.78 is 38.8. The van der Waals surface area contributed by atoms with Gasteiger partial charge in [0.2, 0.25) is 6.23 Å². The number of amides is 1. The molecular formula is C7H9F3N2O3. The number of hydrogen-bond donors (Lipinski definition) is 2. The van der Waals surface area contributed by atoms with Crippen molar-refractivity contribution in [1.29, 1.82) is 0 Å². The zero-order valence-corrected chi connectivity index (χ0v) is 7.50. The van der Waals surface area contributed by atoms with Crippen LogP contribution in [-0.4, -0.2) is 30.3 Å². The first-order chi connectivity index (χ1) is 6.80. The molecule has 0 bridgehead atoms. The van der Waals surface area contributed by atoms with Gasteiger partial charge in [-0.15, -0.1) is 0 Å². The molecule has 1 saturated carbocycles. The van der Waals surface area contributed by atoms with E-state index in [0.29, 0.717) is 0 Å². The molecular weight excluding hydrogens is 217 g/mol. The maximum atomic E-state index is 11.7. The van der Waals surface area contributed by atoms with Crippen molar-refractivity contribution in [2.45, 2.75) is 31.3 Å². The molecule has 1 aliphatic rings. The van der Waals surface area contributed by atoms with Crippen molar-refractivity contribution in [3.05, 3.63) is 0 Å². The molecule has 0 aliphatic heterocycles. The largest absolute Gasteiger partial charge is 0.490 e. The predicted octanol–water partition coefficient (Wildman–Crippen LogP) is -0.345. The number of nitrogens with two attached hydrogens (primary N) is 1. The molecule has 0 aromatic rings. The average Bonchev–Trinajstić information content (AvgIpc) is 2.86. The third-order valence-electron chi connectivity index (χ3n) is 1.65. The highest BCUT2D eigenvalue weighted by molar-refractivity contribution is 5.84. The van der Waals surface area contributed by atoms with Crippen LogP contribution in [-0.2, 0) is 14.3 Å². The third kappa shape index (κ3) is 3.74. The lowest BCUT2D eigenvalue weighted by Crippen LogP contribution is -2.46. The summed E-state index contributed by atoms with van der Waals surface area (Å²) in [5, 5.41) is 2.30. The lowest BCUT2D eigenvalue weighted by molar-refractivity contribution is -0.205. The van der Waals surface area contributed by atoms with Crippen molar-refractivity contribution in [3.8, 4) is 0 Å². The van der Waals surface area contributed by atoms with Crippen molar-refractivity contribution in [3.63, 3.8) is 0 Å². The lowest BCUT2D eigenvalue weighted by atomic mass is 10.5. The summed E-state index contributed by atoms with van der Waals surface area (Å²) in [5.74, 6) is -3.39. The number of ether oxygens (including phenoxy) is 1. The van der Waals surface area contributed by atoms with E-state index in [0.717, 1.165) is 12.8 Å². The zero-order chi connectivity index (χ0) is 11.6. The average molecular weight is 226 g/mol. The van der Waals surface area contributed by atoms with Gasteiger partial charge in [-0.2, -0.15) is 13.2 Å². The minimum atomic E-state index is -5.14. The van der Waals surface area contributed by atoms with Gasteiger partial charge in [0.05, 0.1) is 0 Å². The summed E-state index contributed by atoms with van der Waals surface area (Å²) in [7, 11) is 0. The van der Waals surface area contributed by atoms with Crippen LogP contribution in [0.15, 0.2) is 0 Å². The Morgan fingerprint density at radius 1 is 1.40 bits per heavy atom. The van der Waals surface area contributed by atoms with Crippen LogP contribution in [0.2, 0.25) is 0 Å². The van der Waals surface area contributed by atoms with Crippen molar-refractivity contribution in [2.75, 3.05) is 0 Å². The molecule has 1 fully saturated rings. The molecule has 1 atom stereocenters. The SMILES string of the molecule is NC(OC(=O)C(F)(F)F)C(=O)NC1CC1. The fourth-order valence-electron chi connectivity index (χ4n) is 0.747. The monoisotopic (exact) mass is 226 g/mol. The standard InChI is InChI=1S/C7H9F3N2O3/c8-7(9,10)6(14)15-4(11)5(13)12-3-1-2-3/h3-4H,1-2,11H2,(H,12,13). The molecule has 0 aromatic carbocycles. The van der Waals surface area contributed by atoms with E-state index in [1.165, 1.54) is 0 Å². The Bertz CT molecular complexity index is 275. The van der Waals surface area contributed by atoms with Gasteiger partial charge >= 0.3 is 12.1 Å². The van der Waals surface area contributed by atoms with Gasteiger partial charge in [-0.3, -0.25) is 10.5 Å². The van der Waals surface area contributed by atoms with Gasteiger partial charge in [0.1, 0.15) is 0 Å². The summed E-state index contributed by atoms with van der Waals surface area (Å²) >= 11 is 0. The maximum Gasteiger partial charge on any atom is 0.490 e. The molecule has 0 spiro atoms. The Morgan fingerprint density at radius 3 is 2.33 bits per heavy atom. The number of halogens is 3. The Labute approximate surface area is 82.7 Å². The van der Waals surface area contributed by atoms with Crippen LogP contribution in [0.4, 0.5) is 13.2 Å². The van der Waals surface area contributed by atoms with E-state index in [1.54, 1.807) is 0 Å². The molecule has 0 heterocycles. The van der Waals surface area contributed by atoms with E-state index in [1.807, 2.05) is 0 Å². The van der Waals surface area contributed by atoms with Crippen molar-refractivity contribution in [2.24, 2.45) is 5.73 Å². The molecule has 5 nitrogen and oxygen atoms in total. The van der Waals surface area contributed by atoms with Gasteiger partial charge < -0.3 is 10.1 Å². The highest BCUT2D eigenvalue weighted by atomic mass is 19.4. The number of alkyl halides is 3. The molecule has 0 aromatic heterocycles. The van der Waals surface area contributed by atoms with Crippen LogP contribution in [0.5, 0.6) is 0 Å². The molecule has 1 aliphatic carbocycles. The number of hydrogen-bond acceptors (Lipinski definition) is 4. The van der Waals surface area contributed by atoms with Crippen LogP contribution >= 0.6 is 0 Å². The van der Waals surface area contributed by atoms with E-state index < -0.39 is 24.3 Å². The van der Waals surface area contributed by atoms with Gasteiger partial charge in [0.25, 0.3) is 5.91 Å². The molecule has 3 N–H and O–H groups in total. The molecule has 1 rings (SSSR count). The van der Waals surface area contributed by atoms with Gasteiger partial charge in [0.15, 0.2) is 0 Å². The fourth-order valence-corrected chi connectivity index (χ4v) is 0.747. The first-order valence-corrected chi connectivity index (χ1v) is 4.14. The first-order valence-electron chi connectivity index (χ1n) is 4.14.